The fourth-order valence-corrected chi connectivity index (χ4v) is 2.76. The highest BCUT2D eigenvalue weighted by Gasteiger charge is 2.16. The van der Waals surface area contributed by atoms with Crippen molar-refractivity contribution in [3.05, 3.63) is 15.1 Å². The van der Waals surface area contributed by atoms with Gasteiger partial charge in [-0.1, -0.05) is 27.7 Å². The Hall–Kier alpha value is -0.390. The highest BCUT2D eigenvalue weighted by molar-refractivity contribution is 14.1. The Bertz CT molecular complexity index is 376. The van der Waals surface area contributed by atoms with Crippen molar-refractivity contribution in [3.8, 4) is 0 Å². The zero-order valence-corrected chi connectivity index (χ0v) is 14.0. The summed E-state index contributed by atoms with van der Waals surface area (Å²) in [6.45, 7) is 9.72. The molecule has 1 heterocycles. The van der Waals surface area contributed by atoms with E-state index in [2.05, 4.69) is 55.6 Å². The average Bonchev–Trinajstić information content (AvgIpc) is 2.40. The van der Waals surface area contributed by atoms with Crippen LogP contribution in [-0.2, 0) is 6.42 Å². The number of hydrogen-bond acceptors (Lipinski definition) is 3. The third-order valence-corrected chi connectivity index (χ3v) is 4.30. The molecule has 0 aliphatic rings. The maximum absolute atomic E-state index is 4.74. The lowest BCUT2D eigenvalue weighted by molar-refractivity contribution is 0.597. The maximum Gasteiger partial charge on any atom is 0.143 e. The van der Waals surface area contributed by atoms with E-state index in [1.807, 2.05) is 0 Å². The molecule has 18 heavy (non-hydrogen) atoms. The summed E-state index contributed by atoms with van der Waals surface area (Å²) in [5, 5.41) is 3.42. The van der Waals surface area contributed by atoms with Crippen LogP contribution in [0.3, 0.4) is 0 Å². The number of halogens is 1. The first kappa shape index (κ1) is 15.7. The second-order valence-corrected chi connectivity index (χ2v) is 5.56. The number of hydrogen-bond donors (Lipinski definition) is 1. The van der Waals surface area contributed by atoms with Gasteiger partial charge in [0.1, 0.15) is 11.6 Å². The minimum atomic E-state index is 0.481. The van der Waals surface area contributed by atoms with Crippen molar-refractivity contribution in [2.24, 2.45) is 0 Å². The molecule has 1 aromatic rings. The van der Waals surface area contributed by atoms with Crippen LogP contribution in [0.15, 0.2) is 0 Å². The zero-order chi connectivity index (χ0) is 13.5. The van der Waals surface area contributed by atoms with Crippen molar-refractivity contribution in [2.75, 3.05) is 11.9 Å². The van der Waals surface area contributed by atoms with Gasteiger partial charge in [-0.15, -0.1) is 0 Å². The normalized spacial score (nSPS) is 11.0. The summed E-state index contributed by atoms with van der Waals surface area (Å²) in [5.41, 5.74) is 1.17. The van der Waals surface area contributed by atoms with Crippen LogP contribution in [0, 0.1) is 3.57 Å². The SMILES string of the molecule is CCCNc1nc(C(CC)CC)nc(CC)c1I. The van der Waals surface area contributed by atoms with Gasteiger partial charge in [-0.25, -0.2) is 9.97 Å². The highest BCUT2D eigenvalue weighted by Crippen LogP contribution is 2.25. The molecule has 0 atom stereocenters. The molecule has 0 unspecified atom stereocenters. The fraction of sp³-hybridized carbons (Fsp3) is 0.714. The van der Waals surface area contributed by atoms with Gasteiger partial charge < -0.3 is 5.32 Å². The average molecular weight is 361 g/mol. The Balaban J connectivity index is 3.12. The predicted molar refractivity (Wildman–Crippen MR) is 86.2 cm³/mol. The number of nitrogens with one attached hydrogen (secondary N) is 1. The molecule has 1 rings (SSSR count). The van der Waals surface area contributed by atoms with E-state index < -0.39 is 0 Å². The smallest absolute Gasteiger partial charge is 0.143 e. The van der Waals surface area contributed by atoms with Gasteiger partial charge in [0.25, 0.3) is 0 Å². The Morgan fingerprint density at radius 2 is 1.78 bits per heavy atom. The highest BCUT2D eigenvalue weighted by atomic mass is 127. The minimum Gasteiger partial charge on any atom is -0.369 e. The van der Waals surface area contributed by atoms with Gasteiger partial charge in [-0.05, 0) is 48.3 Å². The van der Waals surface area contributed by atoms with Crippen molar-refractivity contribution in [3.63, 3.8) is 0 Å². The molecule has 0 amide bonds. The van der Waals surface area contributed by atoms with Crippen LogP contribution in [-0.4, -0.2) is 16.5 Å². The number of nitrogens with zero attached hydrogens (tertiary/aromatic N) is 2. The van der Waals surface area contributed by atoms with E-state index in [0.717, 1.165) is 43.9 Å². The standard InChI is InChI=1S/C14H24IN3/c1-5-9-16-14-12(15)11(8-4)17-13(18-14)10(6-2)7-3/h10H,5-9H2,1-4H3,(H,16,17,18). The molecule has 102 valence electrons. The van der Waals surface area contributed by atoms with Crippen LogP contribution in [0.1, 0.15) is 64.4 Å². The van der Waals surface area contributed by atoms with E-state index in [-0.39, 0.29) is 0 Å². The summed E-state index contributed by atoms with van der Waals surface area (Å²) < 4.78 is 1.18. The van der Waals surface area contributed by atoms with Crippen LogP contribution in [0.25, 0.3) is 0 Å². The fourth-order valence-electron chi connectivity index (χ4n) is 1.94. The summed E-state index contributed by atoms with van der Waals surface area (Å²) in [5.74, 6) is 2.51. The van der Waals surface area contributed by atoms with Crippen molar-refractivity contribution >= 4 is 28.4 Å². The van der Waals surface area contributed by atoms with Crippen molar-refractivity contribution in [1.82, 2.24) is 9.97 Å². The maximum atomic E-state index is 4.74. The van der Waals surface area contributed by atoms with Gasteiger partial charge in [0, 0.05) is 12.5 Å². The minimum absolute atomic E-state index is 0.481. The molecule has 0 radical (unpaired) electrons. The van der Waals surface area contributed by atoms with Crippen LogP contribution in [0.4, 0.5) is 5.82 Å². The summed E-state index contributed by atoms with van der Waals surface area (Å²) in [6, 6.07) is 0. The van der Waals surface area contributed by atoms with E-state index >= 15 is 0 Å². The van der Waals surface area contributed by atoms with Crippen LogP contribution >= 0.6 is 22.6 Å². The molecule has 0 aromatic carbocycles. The Kier molecular flexibility index (Phi) is 6.89. The Morgan fingerprint density at radius 1 is 1.11 bits per heavy atom. The molecule has 1 aromatic heterocycles. The van der Waals surface area contributed by atoms with Crippen LogP contribution < -0.4 is 5.32 Å². The van der Waals surface area contributed by atoms with Gasteiger partial charge in [-0.2, -0.15) is 0 Å². The zero-order valence-electron chi connectivity index (χ0n) is 11.9. The first-order chi connectivity index (χ1) is 8.67. The summed E-state index contributed by atoms with van der Waals surface area (Å²) in [4.78, 5) is 9.47. The Labute approximate surface area is 124 Å². The number of aromatic nitrogens is 2. The van der Waals surface area contributed by atoms with Crippen LogP contribution in [0.2, 0.25) is 0 Å². The monoisotopic (exact) mass is 361 g/mol. The van der Waals surface area contributed by atoms with Crippen molar-refractivity contribution in [2.45, 2.75) is 59.3 Å². The topological polar surface area (TPSA) is 37.8 Å². The summed E-state index contributed by atoms with van der Waals surface area (Å²) >= 11 is 2.36. The quantitative estimate of drug-likeness (QED) is 0.733. The molecular formula is C14H24IN3. The molecule has 1 N–H and O–H groups in total. The lowest BCUT2D eigenvalue weighted by atomic mass is 10.0. The number of rotatable bonds is 7. The second-order valence-electron chi connectivity index (χ2n) is 4.48. The number of aryl methyl sites for hydroxylation is 1. The molecule has 0 saturated heterocycles. The first-order valence-corrected chi connectivity index (χ1v) is 8.05. The van der Waals surface area contributed by atoms with E-state index in [1.54, 1.807) is 0 Å². The van der Waals surface area contributed by atoms with Gasteiger partial charge >= 0.3 is 0 Å². The third kappa shape index (κ3) is 3.80. The lowest BCUT2D eigenvalue weighted by Crippen LogP contribution is -2.12. The predicted octanol–water partition coefficient (Wildman–Crippen LogP) is 4.37. The van der Waals surface area contributed by atoms with E-state index in [4.69, 9.17) is 9.97 Å². The number of anilines is 1. The molecule has 0 spiro atoms. The van der Waals surface area contributed by atoms with Crippen LogP contribution in [0.5, 0.6) is 0 Å². The largest absolute Gasteiger partial charge is 0.369 e. The molecule has 0 saturated carbocycles. The van der Waals surface area contributed by atoms with E-state index in [9.17, 15) is 0 Å². The molecular weight excluding hydrogens is 337 g/mol. The van der Waals surface area contributed by atoms with Gasteiger partial charge in [-0.3, -0.25) is 0 Å². The van der Waals surface area contributed by atoms with Gasteiger partial charge in [0.15, 0.2) is 0 Å². The van der Waals surface area contributed by atoms with Gasteiger partial charge in [0.2, 0.25) is 0 Å². The van der Waals surface area contributed by atoms with Crippen molar-refractivity contribution < 1.29 is 0 Å². The molecule has 0 bridgehead atoms. The summed E-state index contributed by atoms with van der Waals surface area (Å²) in [6.07, 6.45) is 4.29. The van der Waals surface area contributed by atoms with Crippen molar-refractivity contribution in [1.29, 1.82) is 0 Å². The van der Waals surface area contributed by atoms with E-state index in [1.165, 1.54) is 9.26 Å². The Morgan fingerprint density at radius 3 is 2.28 bits per heavy atom. The van der Waals surface area contributed by atoms with E-state index in [0.29, 0.717) is 5.92 Å². The second kappa shape index (κ2) is 7.92. The molecule has 0 aliphatic carbocycles. The third-order valence-electron chi connectivity index (χ3n) is 3.17. The molecule has 0 fully saturated rings. The molecule has 3 nitrogen and oxygen atoms in total. The first-order valence-electron chi connectivity index (χ1n) is 6.97. The van der Waals surface area contributed by atoms with Gasteiger partial charge in [0.05, 0.1) is 9.26 Å². The molecule has 0 aliphatic heterocycles. The lowest BCUT2D eigenvalue weighted by Gasteiger charge is -2.16. The summed E-state index contributed by atoms with van der Waals surface area (Å²) in [7, 11) is 0. The molecule has 4 heteroatoms.